The minimum absolute atomic E-state index is 0.339. The van der Waals surface area contributed by atoms with Crippen molar-refractivity contribution >= 4 is 22.6 Å². The number of rotatable bonds is 4. The van der Waals surface area contributed by atoms with Crippen molar-refractivity contribution in [2.75, 3.05) is 19.6 Å². The van der Waals surface area contributed by atoms with Crippen LogP contribution in [0.3, 0.4) is 0 Å². The lowest BCUT2D eigenvalue weighted by atomic mass is 9.86. The lowest BCUT2D eigenvalue weighted by Crippen LogP contribution is -2.55. The Balaban J connectivity index is 2.79. The third kappa shape index (κ3) is 2.74. The normalized spacial score (nSPS) is 21.9. The fourth-order valence-electron chi connectivity index (χ4n) is 1.77. The van der Waals surface area contributed by atoms with Crippen LogP contribution in [0.5, 0.6) is 0 Å². The van der Waals surface area contributed by atoms with Gasteiger partial charge in [0, 0.05) is 35.8 Å². The highest BCUT2D eigenvalue weighted by atomic mass is 127. The fraction of sp³-hybridized carbons (Fsp3) is 1.00. The quantitative estimate of drug-likeness (QED) is 0.350. The third-order valence-corrected chi connectivity index (χ3v) is 4.28. The molecule has 1 saturated heterocycles. The first kappa shape index (κ1) is 12.6. The molecular weight excluding hydrogens is 317 g/mol. The molecular formula is C7H12IN3O4. The predicted molar refractivity (Wildman–Crippen MR) is 61.5 cm³/mol. The number of alkyl halides is 1. The van der Waals surface area contributed by atoms with Crippen molar-refractivity contribution in [2.45, 2.75) is 22.3 Å². The summed E-state index contributed by atoms with van der Waals surface area (Å²) in [6.07, 6.45) is 0.725. The Morgan fingerprint density at radius 3 is 2.27 bits per heavy atom. The van der Waals surface area contributed by atoms with Crippen molar-refractivity contribution in [3.05, 3.63) is 20.2 Å². The molecule has 1 rings (SSSR count). The molecule has 8 heteroatoms. The lowest BCUT2D eigenvalue weighted by molar-refractivity contribution is -0.582. The summed E-state index contributed by atoms with van der Waals surface area (Å²) in [6.45, 7) is 0.762. The van der Waals surface area contributed by atoms with Gasteiger partial charge in [0.05, 0.1) is 0 Å². The van der Waals surface area contributed by atoms with Crippen LogP contribution in [0.15, 0.2) is 0 Å². The maximum Gasteiger partial charge on any atom is 0.242 e. The van der Waals surface area contributed by atoms with Gasteiger partial charge in [0.25, 0.3) is 0 Å². The van der Waals surface area contributed by atoms with Crippen molar-refractivity contribution < 1.29 is 9.85 Å². The van der Waals surface area contributed by atoms with E-state index >= 15 is 0 Å². The maximum atomic E-state index is 11.0. The van der Waals surface area contributed by atoms with Crippen LogP contribution in [0.4, 0.5) is 0 Å². The van der Waals surface area contributed by atoms with Crippen molar-refractivity contribution in [2.24, 2.45) is 0 Å². The second-order valence-electron chi connectivity index (χ2n) is 3.59. The van der Waals surface area contributed by atoms with Gasteiger partial charge in [-0.25, -0.2) is 0 Å². The summed E-state index contributed by atoms with van der Waals surface area (Å²) < 4.78 is -0.554. The number of nitrogens with zero attached hydrogens (tertiary/aromatic N) is 2. The molecule has 0 aliphatic carbocycles. The highest BCUT2D eigenvalue weighted by molar-refractivity contribution is 14.1. The molecule has 1 aliphatic rings. The van der Waals surface area contributed by atoms with Crippen LogP contribution in [0.2, 0.25) is 0 Å². The first-order chi connectivity index (χ1) is 6.99. The Labute approximate surface area is 100 Å². The molecule has 86 valence electrons. The molecule has 0 aromatic heterocycles. The molecule has 1 fully saturated rings. The molecule has 0 bridgehead atoms. The maximum absolute atomic E-state index is 11.0. The van der Waals surface area contributed by atoms with E-state index in [0.717, 1.165) is 0 Å². The predicted octanol–water partition coefficient (Wildman–Crippen LogP) is 0.466. The number of hydrogen-bond donors (Lipinski definition) is 1. The van der Waals surface area contributed by atoms with E-state index < -0.39 is 14.4 Å². The van der Waals surface area contributed by atoms with E-state index in [1.807, 2.05) is 22.6 Å². The van der Waals surface area contributed by atoms with E-state index in [9.17, 15) is 20.2 Å². The van der Waals surface area contributed by atoms with Crippen LogP contribution in [0.25, 0.3) is 0 Å². The molecule has 7 nitrogen and oxygen atoms in total. The molecule has 1 N–H and O–H groups in total. The van der Waals surface area contributed by atoms with Gasteiger partial charge in [0.15, 0.2) is 0 Å². The second-order valence-corrected chi connectivity index (χ2v) is 5.10. The average Bonchev–Trinajstić information content (AvgIpc) is 2.17. The average molecular weight is 329 g/mol. The lowest BCUT2D eigenvalue weighted by Gasteiger charge is -2.31. The molecule has 15 heavy (non-hydrogen) atoms. The Morgan fingerprint density at radius 2 is 1.87 bits per heavy atom. The number of nitrogens with one attached hydrogen (secondary N) is 1. The largest absolute Gasteiger partial charge is 0.316 e. The van der Waals surface area contributed by atoms with E-state index in [1.165, 1.54) is 0 Å². The Morgan fingerprint density at radius 1 is 1.33 bits per heavy atom. The zero-order valence-corrected chi connectivity index (χ0v) is 10.2. The molecule has 0 aromatic rings. The summed E-state index contributed by atoms with van der Waals surface area (Å²) in [5, 5.41) is 24.5. The Bertz CT molecular complexity index is 267. The van der Waals surface area contributed by atoms with Gasteiger partial charge in [0.2, 0.25) is 12.1 Å². The molecule has 1 aliphatic heterocycles. The smallest absolute Gasteiger partial charge is 0.242 e. The van der Waals surface area contributed by atoms with Gasteiger partial charge >= 0.3 is 0 Å². The van der Waals surface area contributed by atoms with Gasteiger partial charge in [-0.3, -0.25) is 20.2 Å². The van der Waals surface area contributed by atoms with E-state index in [-0.39, 0.29) is 11.5 Å². The number of piperidine rings is 1. The third-order valence-electron chi connectivity index (χ3n) is 2.73. The van der Waals surface area contributed by atoms with Crippen LogP contribution in [0, 0.1) is 20.2 Å². The van der Waals surface area contributed by atoms with Crippen LogP contribution >= 0.6 is 22.6 Å². The van der Waals surface area contributed by atoms with E-state index in [1.54, 1.807) is 0 Å². The summed E-state index contributed by atoms with van der Waals surface area (Å²) in [4.78, 5) is 20.6. The molecule has 0 aromatic carbocycles. The van der Waals surface area contributed by atoms with Crippen molar-refractivity contribution in [1.29, 1.82) is 0 Å². The first-order valence-corrected chi connectivity index (χ1v) is 5.85. The Hall–Kier alpha value is -0.510. The highest BCUT2D eigenvalue weighted by Crippen LogP contribution is 2.31. The van der Waals surface area contributed by atoms with Crippen LogP contribution in [-0.2, 0) is 0 Å². The first-order valence-electron chi connectivity index (χ1n) is 4.60. The van der Waals surface area contributed by atoms with E-state index in [0.29, 0.717) is 25.9 Å². The minimum Gasteiger partial charge on any atom is -0.316 e. The Kier molecular flexibility index (Phi) is 4.20. The van der Waals surface area contributed by atoms with E-state index in [2.05, 4.69) is 5.32 Å². The molecule has 1 unspecified atom stereocenters. The summed E-state index contributed by atoms with van der Waals surface area (Å²) in [7, 11) is 0. The molecule has 0 radical (unpaired) electrons. The van der Waals surface area contributed by atoms with Gasteiger partial charge in [-0.15, -0.1) is 0 Å². The molecule has 0 amide bonds. The summed E-state index contributed by atoms with van der Waals surface area (Å²) in [5.74, 6) is 0. The SMILES string of the molecule is O=[N+]([O-])CC(I)C1([N+](=O)[O-])CCNCC1. The number of halogens is 1. The standard InChI is InChI=1S/C7H12IN3O4/c8-6(5-10(12)13)7(11(14)15)1-3-9-4-2-7/h6,9H,1-5H2. The summed E-state index contributed by atoms with van der Waals surface area (Å²) >= 11 is 1.83. The number of nitro groups is 2. The van der Waals surface area contributed by atoms with Gasteiger partial charge in [-0.2, -0.15) is 0 Å². The summed E-state index contributed by atoms with van der Waals surface area (Å²) in [6, 6.07) is 0. The number of hydrogen-bond acceptors (Lipinski definition) is 5. The van der Waals surface area contributed by atoms with Crippen LogP contribution in [-0.4, -0.2) is 38.9 Å². The zero-order valence-electron chi connectivity index (χ0n) is 8.02. The highest BCUT2D eigenvalue weighted by Gasteiger charge is 2.51. The fourth-order valence-corrected chi connectivity index (χ4v) is 2.94. The monoisotopic (exact) mass is 329 g/mol. The van der Waals surface area contributed by atoms with Crippen molar-refractivity contribution in [1.82, 2.24) is 5.32 Å². The van der Waals surface area contributed by atoms with Crippen molar-refractivity contribution in [3.8, 4) is 0 Å². The molecule has 0 spiro atoms. The topological polar surface area (TPSA) is 98.3 Å². The molecule has 1 heterocycles. The van der Waals surface area contributed by atoms with Crippen LogP contribution in [0.1, 0.15) is 12.8 Å². The van der Waals surface area contributed by atoms with Crippen LogP contribution < -0.4 is 5.32 Å². The zero-order chi connectivity index (χ0) is 11.5. The minimum atomic E-state index is -1.13. The van der Waals surface area contributed by atoms with Crippen molar-refractivity contribution in [3.63, 3.8) is 0 Å². The van der Waals surface area contributed by atoms with E-state index in [4.69, 9.17) is 0 Å². The summed E-state index contributed by atoms with van der Waals surface area (Å²) in [5.41, 5.74) is -1.13. The van der Waals surface area contributed by atoms with Gasteiger partial charge in [0.1, 0.15) is 3.92 Å². The van der Waals surface area contributed by atoms with Gasteiger partial charge in [-0.1, -0.05) is 22.6 Å². The van der Waals surface area contributed by atoms with Gasteiger partial charge in [-0.05, 0) is 0 Å². The van der Waals surface area contributed by atoms with Gasteiger partial charge < -0.3 is 5.32 Å². The second kappa shape index (κ2) is 5.01. The molecule has 0 saturated carbocycles. The molecule has 1 atom stereocenters.